The van der Waals surface area contributed by atoms with Crippen LogP contribution < -0.4 is 10.6 Å². The van der Waals surface area contributed by atoms with Crippen LogP contribution in [0.2, 0.25) is 0 Å². The van der Waals surface area contributed by atoms with Gasteiger partial charge in [-0.2, -0.15) is 0 Å². The average Bonchev–Trinajstić information content (AvgIpc) is 3.87. The van der Waals surface area contributed by atoms with E-state index >= 15 is 0 Å². The summed E-state index contributed by atoms with van der Waals surface area (Å²) in [5.74, 6) is -1.43. The second kappa shape index (κ2) is 16.3. The van der Waals surface area contributed by atoms with Gasteiger partial charge in [-0.3, -0.25) is 29.1 Å². The summed E-state index contributed by atoms with van der Waals surface area (Å²) in [7, 11) is 0. The summed E-state index contributed by atoms with van der Waals surface area (Å²) < 4.78 is 11.2. The number of fused-ring (bicyclic) bond motifs is 2. The van der Waals surface area contributed by atoms with Crippen molar-refractivity contribution in [2.45, 2.75) is 45.3 Å². The molecular formula is C42H45N7O7. The van der Waals surface area contributed by atoms with Crippen LogP contribution in [0.25, 0.3) is 33.1 Å². The van der Waals surface area contributed by atoms with E-state index in [0.29, 0.717) is 91.8 Å². The molecule has 290 valence electrons. The SMILES string of the molecule is CC(C)(C)OC(=O)N1CCN(CCNC(=O)c2cccc(-c3ccc4nccc(C(=O)NCC(=O)N5CCC[C@H]5C(=O)c5nc6ccccc6o5)c4c3)c2)CC1. The Morgan fingerprint density at radius 3 is 2.41 bits per heavy atom. The molecule has 2 fully saturated rings. The Kier molecular flexibility index (Phi) is 11.1. The molecule has 14 nitrogen and oxygen atoms in total. The van der Waals surface area contributed by atoms with Gasteiger partial charge in [0.25, 0.3) is 17.7 Å². The zero-order valence-electron chi connectivity index (χ0n) is 31.7. The predicted octanol–water partition coefficient (Wildman–Crippen LogP) is 4.93. The largest absolute Gasteiger partial charge is 0.444 e. The van der Waals surface area contributed by atoms with E-state index in [9.17, 15) is 24.0 Å². The standard InChI is InChI=1S/C42H45N7O7/c1-42(2,3)56-41(54)48-22-20-47(21-23-48)19-17-44-38(52)29-9-6-8-27(24-29)28-13-14-32-31(25-28)30(15-16-43-32)39(53)45-26-36(50)49-18-7-11-34(49)37(51)40-46-33-10-4-5-12-35(33)55-40/h4-6,8-10,12-16,24-25,34H,7,11,17-23,26H2,1-3H3,(H,44,52)(H,45,53)/t34-/m0/s1. The minimum absolute atomic E-state index is 0.0335. The fourth-order valence-corrected chi connectivity index (χ4v) is 7.08. The number of carbonyl (C=O) groups excluding carboxylic acids is 5. The van der Waals surface area contributed by atoms with Crippen LogP contribution in [-0.4, -0.2) is 118 Å². The number of aromatic nitrogens is 2. The van der Waals surface area contributed by atoms with Gasteiger partial charge in [-0.25, -0.2) is 9.78 Å². The van der Waals surface area contributed by atoms with E-state index in [1.54, 1.807) is 47.5 Å². The fraction of sp³-hybridized carbons (Fsp3) is 0.357. The lowest BCUT2D eigenvalue weighted by molar-refractivity contribution is -0.130. The van der Waals surface area contributed by atoms with Crippen molar-refractivity contribution in [3.05, 3.63) is 96.0 Å². The number of ether oxygens (including phenoxy) is 1. The van der Waals surface area contributed by atoms with Crippen molar-refractivity contribution in [1.82, 2.24) is 35.3 Å². The van der Waals surface area contributed by atoms with Crippen molar-refractivity contribution in [3.8, 4) is 11.1 Å². The maximum atomic E-state index is 13.5. The molecule has 1 atom stereocenters. The molecule has 5 aromatic rings. The number of likely N-dealkylation sites (tertiary alicyclic amines) is 1. The lowest BCUT2D eigenvalue weighted by Gasteiger charge is -2.35. The zero-order valence-corrected chi connectivity index (χ0v) is 31.7. The first-order chi connectivity index (χ1) is 26.9. The third kappa shape index (κ3) is 8.70. The zero-order chi connectivity index (χ0) is 39.4. The molecule has 0 spiro atoms. The summed E-state index contributed by atoms with van der Waals surface area (Å²) >= 11 is 0. The van der Waals surface area contributed by atoms with Crippen LogP contribution in [-0.2, 0) is 9.53 Å². The molecule has 7 rings (SSSR count). The number of Topliss-reactive ketones (excluding diaryl/α,β-unsaturated/α-hetero) is 1. The molecular weight excluding hydrogens is 715 g/mol. The summed E-state index contributed by atoms with van der Waals surface area (Å²) in [4.78, 5) is 79.9. The number of oxazole rings is 1. The molecule has 4 amide bonds. The van der Waals surface area contributed by atoms with Gasteiger partial charge in [-0.05, 0) is 87.2 Å². The summed E-state index contributed by atoms with van der Waals surface area (Å²) in [5.41, 5.74) is 3.53. The summed E-state index contributed by atoms with van der Waals surface area (Å²) in [6.07, 6.45) is 2.36. The van der Waals surface area contributed by atoms with Gasteiger partial charge in [-0.15, -0.1) is 0 Å². The molecule has 2 aromatic heterocycles. The highest BCUT2D eigenvalue weighted by atomic mass is 16.6. The van der Waals surface area contributed by atoms with Gasteiger partial charge >= 0.3 is 6.09 Å². The van der Waals surface area contributed by atoms with Gasteiger partial charge in [0.1, 0.15) is 17.2 Å². The third-order valence-corrected chi connectivity index (χ3v) is 9.96. The van der Waals surface area contributed by atoms with E-state index in [2.05, 4.69) is 25.5 Å². The van der Waals surface area contributed by atoms with Crippen molar-refractivity contribution in [2.24, 2.45) is 0 Å². The molecule has 14 heteroatoms. The summed E-state index contributed by atoms with van der Waals surface area (Å²) in [6.45, 7) is 9.27. The second-order valence-electron chi connectivity index (χ2n) is 15.0. The van der Waals surface area contributed by atoms with E-state index in [1.165, 1.54) is 4.90 Å². The summed E-state index contributed by atoms with van der Waals surface area (Å²) in [6, 6.07) is 20.8. The highest BCUT2D eigenvalue weighted by Gasteiger charge is 2.37. The molecule has 2 N–H and O–H groups in total. The molecule has 0 bridgehead atoms. The van der Waals surface area contributed by atoms with E-state index in [4.69, 9.17) is 9.15 Å². The quantitative estimate of drug-likeness (QED) is 0.187. The molecule has 56 heavy (non-hydrogen) atoms. The van der Waals surface area contributed by atoms with Crippen molar-refractivity contribution < 1.29 is 33.1 Å². The number of ketones is 1. The van der Waals surface area contributed by atoms with Crippen molar-refractivity contribution in [1.29, 1.82) is 0 Å². The molecule has 4 heterocycles. The minimum atomic E-state index is -0.719. The van der Waals surface area contributed by atoms with Gasteiger partial charge in [0.2, 0.25) is 11.7 Å². The number of rotatable bonds is 10. The number of para-hydroxylation sites is 2. The predicted molar refractivity (Wildman–Crippen MR) is 209 cm³/mol. The molecule has 0 radical (unpaired) electrons. The number of piperazine rings is 1. The maximum Gasteiger partial charge on any atom is 0.410 e. The Labute approximate surface area is 324 Å². The van der Waals surface area contributed by atoms with E-state index < -0.39 is 17.6 Å². The minimum Gasteiger partial charge on any atom is -0.444 e. The van der Waals surface area contributed by atoms with E-state index in [0.717, 1.165) is 11.1 Å². The normalized spacial score (nSPS) is 16.2. The Bertz CT molecular complexity index is 2260. The van der Waals surface area contributed by atoms with Gasteiger partial charge in [-0.1, -0.05) is 30.3 Å². The highest BCUT2D eigenvalue weighted by molar-refractivity contribution is 6.08. The van der Waals surface area contributed by atoms with Gasteiger partial charge in [0, 0.05) is 63.0 Å². The van der Waals surface area contributed by atoms with E-state index in [1.807, 2.05) is 57.2 Å². The van der Waals surface area contributed by atoms with Crippen molar-refractivity contribution in [2.75, 3.05) is 52.4 Å². The van der Waals surface area contributed by atoms with Crippen LogP contribution in [0.15, 0.2) is 83.4 Å². The Balaban J connectivity index is 0.951. The number of hydrogen-bond donors (Lipinski definition) is 2. The highest BCUT2D eigenvalue weighted by Crippen LogP contribution is 2.27. The Hall–Kier alpha value is -6.15. The molecule has 2 saturated heterocycles. The number of carbonyl (C=O) groups is 5. The van der Waals surface area contributed by atoms with Crippen LogP contribution in [0.3, 0.4) is 0 Å². The number of pyridine rings is 1. The lowest BCUT2D eigenvalue weighted by atomic mass is 9.99. The van der Waals surface area contributed by atoms with Crippen molar-refractivity contribution in [3.63, 3.8) is 0 Å². The smallest absolute Gasteiger partial charge is 0.410 e. The monoisotopic (exact) mass is 759 g/mol. The molecule has 2 aliphatic rings. The van der Waals surface area contributed by atoms with Crippen LogP contribution >= 0.6 is 0 Å². The fourth-order valence-electron chi connectivity index (χ4n) is 7.08. The first-order valence-electron chi connectivity index (χ1n) is 18.9. The number of nitrogens with one attached hydrogen (secondary N) is 2. The number of hydrogen-bond acceptors (Lipinski definition) is 10. The van der Waals surface area contributed by atoms with Crippen LogP contribution in [0.5, 0.6) is 0 Å². The van der Waals surface area contributed by atoms with Gasteiger partial charge < -0.3 is 29.6 Å². The number of amides is 4. The topological polar surface area (TPSA) is 167 Å². The lowest BCUT2D eigenvalue weighted by Crippen LogP contribution is -2.51. The van der Waals surface area contributed by atoms with Crippen LogP contribution in [0.1, 0.15) is 65.0 Å². The third-order valence-electron chi connectivity index (χ3n) is 9.96. The molecule has 2 aliphatic heterocycles. The summed E-state index contributed by atoms with van der Waals surface area (Å²) in [5, 5.41) is 6.33. The molecule has 3 aromatic carbocycles. The molecule has 0 aliphatic carbocycles. The Morgan fingerprint density at radius 2 is 1.62 bits per heavy atom. The van der Waals surface area contributed by atoms with Crippen LogP contribution in [0.4, 0.5) is 4.79 Å². The first-order valence-corrected chi connectivity index (χ1v) is 18.9. The maximum absolute atomic E-state index is 13.5. The average molecular weight is 760 g/mol. The number of benzene rings is 3. The van der Waals surface area contributed by atoms with Crippen molar-refractivity contribution >= 4 is 51.6 Å². The molecule has 0 unspecified atom stereocenters. The Morgan fingerprint density at radius 1 is 0.839 bits per heavy atom. The second-order valence-corrected chi connectivity index (χ2v) is 15.0. The van der Waals surface area contributed by atoms with Crippen LogP contribution in [0, 0.1) is 0 Å². The van der Waals surface area contributed by atoms with Gasteiger partial charge in [0.05, 0.1) is 17.6 Å². The number of nitrogens with zero attached hydrogens (tertiary/aromatic N) is 5. The van der Waals surface area contributed by atoms with Gasteiger partial charge in [0.15, 0.2) is 5.58 Å². The van der Waals surface area contributed by atoms with E-state index in [-0.39, 0.29) is 36.1 Å². The first kappa shape index (κ1) is 38.1. The molecule has 0 saturated carbocycles.